The number of imidazole rings is 1. The molecule has 0 bridgehead atoms. The maximum Gasteiger partial charge on any atom is 0.199 e. The van der Waals surface area contributed by atoms with Crippen molar-refractivity contribution in [1.82, 2.24) is 19.5 Å². The molecule has 5 aromatic rings. The van der Waals surface area contributed by atoms with Gasteiger partial charge in [-0.2, -0.15) is 0 Å². The number of hydrogen-bond acceptors (Lipinski definition) is 8. The van der Waals surface area contributed by atoms with Gasteiger partial charge in [0, 0.05) is 61.6 Å². The van der Waals surface area contributed by atoms with E-state index in [1.807, 2.05) is 42.1 Å². The summed E-state index contributed by atoms with van der Waals surface area (Å²) in [6.07, 6.45) is 3.60. The molecule has 0 atom stereocenters. The van der Waals surface area contributed by atoms with Gasteiger partial charge < -0.3 is 23.7 Å². The summed E-state index contributed by atoms with van der Waals surface area (Å²) in [7, 11) is 6.75. The van der Waals surface area contributed by atoms with E-state index in [1.165, 1.54) is 18.4 Å². The number of halogens is 1. The summed E-state index contributed by atoms with van der Waals surface area (Å²) < 4.78 is 33.7. The van der Waals surface area contributed by atoms with E-state index in [1.54, 1.807) is 38.6 Å². The predicted octanol–water partition coefficient (Wildman–Crippen LogP) is 5.66. The van der Waals surface area contributed by atoms with Crippen LogP contribution in [0.25, 0.3) is 43.4 Å². The van der Waals surface area contributed by atoms with E-state index >= 15 is 4.39 Å². The lowest BCUT2D eigenvalue weighted by Crippen LogP contribution is -2.49. The first-order valence-electron chi connectivity index (χ1n) is 12.6. The molecule has 1 aliphatic rings. The molecule has 8 nitrogen and oxygen atoms in total. The van der Waals surface area contributed by atoms with Crippen LogP contribution in [0.3, 0.4) is 0 Å². The predicted molar refractivity (Wildman–Crippen MR) is 151 cm³/mol. The topological polar surface area (TPSA) is 74.5 Å². The molecule has 6 rings (SSSR count). The minimum absolute atomic E-state index is 0.191. The van der Waals surface area contributed by atoms with Crippen molar-refractivity contribution >= 4 is 27.4 Å². The largest absolute Gasteiger partial charge is 0.497 e. The van der Waals surface area contributed by atoms with Gasteiger partial charge in [0.1, 0.15) is 16.4 Å². The number of aryl methyl sites for hydroxylation is 1. The molecule has 39 heavy (non-hydrogen) atoms. The highest BCUT2D eigenvalue weighted by Gasteiger charge is 2.33. The highest BCUT2D eigenvalue weighted by atomic mass is 32.1. The zero-order chi connectivity index (χ0) is 27.1. The average molecular weight is 546 g/mol. The number of benzene rings is 2. The second-order valence-electron chi connectivity index (χ2n) is 9.50. The first-order valence-corrected chi connectivity index (χ1v) is 13.4. The summed E-state index contributed by atoms with van der Waals surface area (Å²) in [5, 5.41) is 0.885. The zero-order valence-corrected chi connectivity index (χ0v) is 23.0. The quantitative estimate of drug-likeness (QED) is 0.249. The Morgan fingerprint density at radius 2 is 1.82 bits per heavy atom. The Hall–Kier alpha value is -4.02. The van der Waals surface area contributed by atoms with E-state index < -0.39 is 5.82 Å². The van der Waals surface area contributed by atoms with Crippen LogP contribution in [0.2, 0.25) is 0 Å². The van der Waals surface area contributed by atoms with Gasteiger partial charge in [-0.1, -0.05) is 24.3 Å². The zero-order valence-electron chi connectivity index (χ0n) is 22.1. The Balaban J connectivity index is 1.64. The molecule has 1 saturated heterocycles. The van der Waals surface area contributed by atoms with Gasteiger partial charge >= 0.3 is 0 Å². The Morgan fingerprint density at radius 1 is 1.03 bits per heavy atom. The van der Waals surface area contributed by atoms with Gasteiger partial charge in [0.15, 0.2) is 23.2 Å². The molecule has 2 aromatic carbocycles. The highest BCUT2D eigenvalue weighted by Crippen LogP contribution is 2.49. The number of hydrogen-bond donors (Lipinski definition) is 0. The van der Waals surface area contributed by atoms with Crippen LogP contribution in [0.5, 0.6) is 11.5 Å². The molecular weight excluding hydrogens is 517 g/mol. The molecule has 0 spiro atoms. The van der Waals surface area contributed by atoms with Crippen molar-refractivity contribution in [1.29, 1.82) is 0 Å². The molecule has 0 saturated carbocycles. The molecule has 3 aromatic heterocycles. The van der Waals surface area contributed by atoms with Crippen molar-refractivity contribution in [3.63, 3.8) is 0 Å². The third kappa shape index (κ3) is 4.39. The summed E-state index contributed by atoms with van der Waals surface area (Å²) >= 11 is 1.44. The number of methoxy groups -OCH3 is 3. The van der Waals surface area contributed by atoms with Crippen LogP contribution in [0, 0.1) is 11.7 Å². The van der Waals surface area contributed by atoms with Gasteiger partial charge in [-0.05, 0) is 23.8 Å². The minimum atomic E-state index is -0.413. The maximum atomic E-state index is 15.7. The summed E-state index contributed by atoms with van der Waals surface area (Å²) in [5.74, 6) is 2.93. The van der Waals surface area contributed by atoms with Gasteiger partial charge in [0.2, 0.25) is 0 Å². The third-order valence-corrected chi connectivity index (χ3v) is 8.14. The van der Waals surface area contributed by atoms with Crippen LogP contribution in [-0.2, 0) is 11.8 Å². The molecule has 0 N–H and O–H groups in total. The molecular formula is C29H28FN5O3S. The van der Waals surface area contributed by atoms with Gasteiger partial charge in [0.25, 0.3) is 0 Å². The second-order valence-corrected chi connectivity index (χ2v) is 10.5. The number of nitrogens with zero attached hydrogens (tertiary/aromatic N) is 5. The van der Waals surface area contributed by atoms with Crippen molar-refractivity contribution in [2.45, 2.75) is 0 Å². The minimum Gasteiger partial charge on any atom is -0.497 e. The fraction of sp³-hybridized carbons (Fsp3) is 0.276. The number of thiophene rings is 1. The van der Waals surface area contributed by atoms with Crippen molar-refractivity contribution in [3.8, 4) is 44.7 Å². The van der Waals surface area contributed by atoms with E-state index in [9.17, 15) is 0 Å². The van der Waals surface area contributed by atoms with Crippen molar-refractivity contribution in [2.75, 3.05) is 45.9 Å². The molecule has 0 unspecified atom stereocenters. The normalized spacial score (nSPS) is 13.6. The molecule has 0 radical (unpaired) electrons. The van der Waals surface area contributed by atoms with Crippen molar-refractivity contribution in [2.24, 2.45) is 13.0 Å². The number of fused-ring (bicyclic) bond motifs is 1. The molecule has 0 amide bonds. The summed E-state index contributed by atoms with van der Waals surface area (Å²) in [4.78, 5) is 18.3. The first kappa shape index (κ1) is 25.3. The maximum absolute atomic E-state index is 15.7. The van der Waals surface area contributed by atoms with Crippen molar-refractivity contribution < 1.29 is 18.6 Å². The fourth-order valence-corrected chi connectivity index (χ4v) is 6.25. The standard InChI is InChI=1S/C29H28FN5O3S/c1-34-13-12-31-28(34)26-32-27(35-14-17(15-35)16-36-2)23-22(18-8-10-19(37-3)11-9-18)25(39-29(23)33-26)20-6-5-7-21(38-4)24(20)30/h5-13,17H,14-16H2,1-4H3. The number of anilines is 1. The van der Waals surface area contributed by atoms with Crippen LogP contribution in [0.4, 0.5) is 10.2 Å². The molecule has 1 aliphatic heterocycles. The van der Waals surface area contributed by atoms with Crippen molar-refractivity contribution in [3.05, 3.63) is 60.7 Å². The van der Waals surface area contributed by atoms with Crippen LogP contribution in [0.15, 0.2) is 54.9 Å². The molecule has 10 heteroatoms. The van der Waals surface area contributed by atoms with E-state index in [-0.39, 0.29) is 5.75 Å². The number of rotatable bonds is 8. The molecule has 0 aliphatic carbocycles. The Bertz CT molecular complexity index is 1640. The third-order valence-electron chi connectivity index (χ3n) is 7.02. The van der Waals surface area contributed by atoms with E-state index in [0.29, 0.717) is 29.7 Å². The lowest BCUT2D eigenvalue weighted by atomic mass is 9.96. The summed E-state index contributed by atoms with van der Waals surface area (Å²) in [6.45, 7) is 2.30. The van der Waals surface area contributed by atoms with Gasteiger partial charge in [-0.25, -0.2) is 19.3 Å². The second kappa shape index (κ2) is 10.3. The SMILES string of the molecule is COCC1CN(c2nc(-c3nccn3C)nc3sc(-c4cccc(OC)c4F)c(-c4ccc(OC)cc4)c23)C1. The average Bonchev–Trinajstić information content (AvgIpc) is 3.53. The molecule has 200 valence electrons. The Morgan fingerprint density at radius 3 is 2.49 bits per heavy atom. The van der Waals surface area contributed by atoms with Crippen LogP contribution < -0.4 is 14.4 Å². The van der Waals surface area contributed by atoms with Gasteiger partial charge in [0.05, 0.1) is 26.2 Å². The number of ether oxygens (including phenoxy) is 3. The van der Waals surface area contributed by atoms with E-state index in [2.05, 4.69) is 9.88 Å². The summed E-state index contributed by atoms with van der Waals surface area (Å²) in [6, 6.07) is 13.0. The number of aromatic nitrogens is 4. The van der Waals surface area contributed by atoms with Gasteiger partial charge in [-0.15, -0.1) is 11.3 Å². The van der Waals surface area contributed by atoms with Crippen LogP contribution in [0.1, 0.15) is 0 Å². The van der Waals surface area contributed by atoms with Crippen LogP contribution >= 0.6 is 11.3 Å². The lowest BCUT2D eigenvalue weighted by molar-refractivity contribution is 0.137. The Labute approximate surface area is 229 Å². The van der Waals surface area contributed by atoms with Gasteiger partial charge in [-0.3, -0.25) is 0 Å². The van der Waals surface area contributed by atoms with Crippen LogP contribution in [-0.4, -0.2) is 60.5 Å². The van der Waals surface area contributed by atoms with E-state index in [4.69, 9.17) is 24.2 Å². The fourth-order valence-electron chi connectivity index (χ4n) is 5.04. The highest BCUT2D eigenvalue weighted by molar-refractivity contribution is 7.22. The monoisotopic (exact) mass is 545 g/mol. The summed E-state index contributed by atoms with van der Waals surface area (Å²) in [5.41, 5.74) is 2.25. The molecule has 4 heterocycles. The lowest BCUT2D eigenvalue weighted by Gasteiger charge is -2.40. The van der Waals surface area contributed by atoms with E-state index in [0.717, 1.165) is 50.9 Å². The molecule has 1 fully saturated rings. The first-order chi connectivity index (χ1) is 19.0. The smallest absolute Gasteiger partial charge is 0.199 e. The Kier molecular flexibility index (Phi) is 6.66.